The molecule has 1 N–H and O–H groups in total. The Morgan fingerprint density at radius 2 is 2.07 bits per heavy atom. The Balaban J connectivity index is 2.70. The average molecular weight is 310 g/mol. The van der Waals surface area contributed by atoms with Gasteiger partial charge in [0.25, 0.3) is 0 Å². The number of hydrogen-bond acceptors (Lipinski definition) is 2. The van der Waals surface area contributed by atoms with Crippen LogP contribution in [0.2, 0.25) is 0 Å². The molecule has 0 aliphatic heterocycles. The summed E-state index contributed by atoms with van der Waals surface area (Å²) in [5.74, 6) is -4.78. The number of phenols is 1. The average Bonchev–Trinajstić information content (AvgIpc) is 2.33. The number of fused-ring (bicyclic) bond motifs is 1. The Bertz CT molecular complexity index is 429. The Kier molecular flexibility index (Phi) is 2.02. The van der Waals surface area contributed by atoms with E-state index in [0.29, 0.717) is 3.57 Å². The van der Waals surface area contributed by atoms with Crippen molar-refractivity contribution in [3.8, 4) is 5.75 Å². The molecule has 2 nitrogen and oxygen atoms in total. The SMILES string of the molecule is O=C1c2c(I)ccc(O)c2CC1(F)F. The number of carbonyl (C=O) groups is 1. The highest BCUT2D eigenvalue weighted by molar-refractivity contribution is 14.1. The molecular formula is C9H5F2IO2. The number of hydrogen-bond donors (Lipinski definition) is 1. The predicted octanol–water partition coefficient (Wildman–Crippen LogP) is 2.37. The molecule has 14 heavy (non-hydrogen) atoms. The van der Waals surface area contributed by atoms with Crippen LogP contribution in [0.1, 0.15) is 15.9 Å². The van der Waals surface area contributed by atoms with Gasteiger partial charge >= 0.3 is 5.92 Å². The Labute approximate surface area is 92.1 Å². The van der Waals surface area contributed by atoms with Gasteiger partial charge in [0.1, 0.15) is 5.75 Å². The van der Waals surface area contributed by atoms with E-state index in [9.17, 15) is 18.7 Å². The molecule has 0 unspecified atom stereocenters. The van der Waals surface area contributed by atoms with Gasteiger partial charge in [0.05, 0.1) is 0 Å². The summed E-state index contributed by atoms with van der Waals surface area (Å²) in [6, 6.07) is 2.78. The maximum atomic E-state index is 13.0. The summed E-state index contributed by atoms with van der Waals surface area (Å²) < 4.78 is 26.5. The molecule has 1 aromatic carbocycles. The van der Waals surface area contributed by atoms with E-state index in [1.165, 1.54) is 12.1 Å². The van der Waals surface area contributed by atoms with Crippen molar-refractivity contribution in [2.24, 2.45) is 0 Å². The number of phenolic OH excluding ortho intramolecular Hbond substituents is 1. The van der Waals surface area contributed by atoms with E-state index in [4.69, 9.17) is 0 Å². The van der Waals surface area contributed by atoms with Crippen molar-refractivity contribution in [3.05, 3.63) is 26.8 Å². The van der Waals surface area contributed by atoms with Crippen LogP contribution in [0.3, 0.4) is 0 Å². The van der Waals surface area contributed by atoms with Crippen LogP contribution in [0.4, 0.5) is 8.78 Å². The minimum Gasteiger partial charge on any atom is -0.508 e. The van der Waals surface area contributed by atoms with Crippen LogP contribution in [0.25, 0.3) is 0 Å². The van der Waals surface area contributed by atoms with Crippen LogP contribution in [-0.2, 0) is 6.42 Å². The minimum absolute atomic E-state index is 0.0319. The fourth-order valence-corrected chi connectivity index (χ4v) is 2.27. The molecule has 0 atom stereocenters. The molecule has 0 saturated heterocycles. The smallest absolute Gasteiger partial charge is 0.313 e. The number of ketones is 1. The summed E-state index contributed by atoms with van der Waals surface area (Å²) in [6.07, 6.45) is -0.691. The van der Waals surface area contributed by atoms with E-state index in [1.807, 2.05) is 22.6 Å². The van der Waals surface area contributed by atoms with Crippen molar-refractivity contribution >= 4 is 28.4 Å². The maximum absolute atomic E-state index is 13.0. The molecular weight excluding hydrogens is 305 g/mol. The highest BCUT2D eigenvalue weighted by Crippen LogP contribution is 2.40. The first-order valence-corrected chi connectivity index (χ1v) is 4.94. The second-order valence-electron chi connectivity index (χ2n) is 3.13. The molecule has 0 amide bonds. The van der Waals surface area contributed by atoms with Gasteiger partial charge < -0.3 is 5.11 Å². The van der Waals surface area contributed by atoms with E-state index >= 15 is 0 Å². The topological polar surface area (TPSA) is 37.3 Å². The summed E-state index contributed by atoms with van der Waals surface area (Å²) >= 11 is 1.81. The number of benzene rings is 1. The first kappa shape index (κ1) is 9.82. The normalized spacial score (nSPS) is 18.4. The number of alkyl halides is 2. The summed E-state index contributed by atoms with van der Waals surface area (Å²) in [7, 11) is 0. The van der Waals surface area contributed by atoms with E-state index in [2.05, 4.69) is 0 Å². The third-order valence-electron chi connectivity index (χ3n) is 2.20. The molecule has 0 aromatic heterocycles. The van der Waals surface area contributed by atoms with E-state index < -0.39 is 18.1 Å². The number of Topliss-reactive ketones (excluding diaryl/α,β-unsaturated/α-hetero) is 1. The molecule has 5 heteroatoms. The lowest BCUT2D eigenvalue weighted by molar-refractivity contribution is 0.0166. The van der Waals surface area contributed by atoms with Crippen LogP contribution in [0.15, 0.2) is 12.1 Å². The number of rotatable bonds is 0. The van der Waals surface area contributed by atoms with Gasteiger partial charge in [-0.05, 0) is 34.7 Å². The highest BCUT2D eigenvalue weighted by atomic mass is 127. The van der Waals surface area contributed by atoms with Crippen LogP contribution in [0, 0.1) is 3.57 Å². The monoisotopic (exact) mass is 310 g/mol. The fourth-order valence-electron chi connectivity index (χ4n) is 1.52. The molecule has 74 valence electrons. The Morgan fingerprint density at radius 1 is 1.43 bits per heavy atom. The molecule has 1 aliphatic carbocycles. The largest absolute Gasteiger partial charge is 0.508 e. The van der Waals surface area contributed by atoms with Crippen LogP contribution >= 0.6 is 22.6 Å². The third kappa shape index (κ3) is 1.22. The Hall–Kier alpha value is -0.720. The highest BCUT2D eigenvalue weighted by Gasteiger charge is 2.48. The number of aromatic hydroxyl groups is 1. The molecule has 0 fully saturated rings. The minimum atomic E-state index is -3.36. The molecule has 0 radical (unpaired) electrons. The summed E-state index contributed by atoms with van der Waals surface area (Å²) in [6.45, 7) is 0. The molecule has 0 spiro atoms. The van der Waals surface area contributed by atoms with Gasteiger partial charge in [-0.2, -0.15) is 8.78 Å². The third-order valence-corrected chi connectivity index (χ3v) is 3.09. The van der Waals surface area contributed by atoms with Gasteiger partial charge in [0, 0.05) is 21.1 Å². The maximum Gasteiger partial charge on any atom is 0.313 e. The number of carbonyl (C=O) groups excluding carboxylic acids is 1. The zero-order chi connectivity index (χ0) is 10.5. The molecule has 0 bridgehead atoms. The molecule has 2 rings (SSSR count). The fraction of sp³-hybridized carbons (Fsp3) is 0.222. The van der Waals surface area contributed by atoms with E-state index in [0.717, 1.165) is 0 Å². The van der Waals surface area contributed by atoms with Gasteiger partial charge in [-0.25, -0.2) is 0 Å². The van der Waals surface area contributed by atoms with Gasteiger partial charge in [-0.15, -0.1) is 0 Å². The summed E-state index contributed by atoms with van der Waals surface area (Å²) in [5.41, 5.74) is 0.0301. The first-order valence-electron chi connectivity index (χ1n) is 3.86. The standard InChI is InChI=1S/C9H5F2IO2/c10-9(11)3-4-6(13)2-1-5(12)7(4)8(9)14/h1-2,13H,3H2. The Morgan fingerprint density at radius 3 is 2.64 bits per heavy atom. The second kappa shape index (κ2) is 2.88. The summed E-state index contributed by atoms with van der Waals surface area (Å²) in [5, 5.41) is 9.32. The van der Waals surface area contributed by atoms with Crippen molar-refractivity contribution in [3.63, 3.8) is 0 Å². The van der Waals surface area contributed by atoms with Crippen molar-refractivity contribution in [1.29, 1.82) is 0 Å². The molecule has 1 aromatic rings. The first-order chi connectivity index (χ1) is 6.43. The van der Waals surface area contributed by atoms with Gasteiger partial charge in [-0.1, -0.05) is 0 Å². The molecule has 1 aliphatic rings. The van der Waals surface area contributed by atoms with Crippen LogP contribution in [0.5, 0.6) is 5.75 Å². The van der Waals surface area contributed by atoms with Gasteiger partial charge in [0.2, 0.25) is 5.78 Å². The molecule has 0 saturated carbocycles. The van der Waals surface area contributed by atoms with Crippen molar-refractivity contribution < 1.29 is 18.7 Å². The predicted molar refractivity (Wildman–Crippen MR) is 53.8 cm³/mol. The van der Waals surface area contributed by atoms with E-state index in [1.54, 1.807) is 0 Å². The zero-order valence-electron chi connectivity index (χ0n) is 6.85. The molecule has 0 heterocycles. The van der Waals surface area contributed by atoms with Crippen molar-refractivity contribution in [2.75, 3.05) is 0 Å². The van der Waals surface area contributed by atoms with Crippen LogP contribution < -0.4 is 0 Å². The number of halogens is 3. The van der Waals surface area contributed by atoms with Crippen LogP contribution in [-0.4, -0.2) is 16.8 Å². The zero-order valence-corrected chi connectivity index (χ0v) is 9.01. The lowest BCUT2D eigenvalue weighted by atomic mass is 10.1. The van der Waals surface area contributed by atoms with Gasteiger partial charge in [-0.3, -0.25) is 4.79 Å². The van der Waals surface area contributed by atoms with Crippen molar-refractivity contribution in [2.45, 2.75) is 12.3 Å². The summed E-state index contributed by atoms with van der Waals surface area (Å²) in [4.78, 5) is 11.2. The quantitative estimate of drug-likeness (QED) is 0.747. The van der Waals surface area contributed by atoms with Crippen molar-refractivity contribution in [1.82, 2.24) is 0 Å². The lowest BCUT2D eigenvalue weighted by Gasteiger charge is -2.03. The van der Waals surface area contributed by atoms with E-state index in [-0.39, 0.29) is 16.9 Å². The second-order valence-corrected chi connectivity index (χ2v) is 4.29. The lowest BCUT2D eigenvalue weighted by Crippen LogP contribution is -2.24. The van der Waals surface area contributed by atoms with Gasteiger partial charge in [0.15, 0.2) is 0 Å².